The molecule has 4 atom stereocenters. The van der Waals surface area contributed by atoms with Crippen molar-refractivity contribution in [3.8, 4) is 0 Å². The molecule has 13 heteroatoms. The van der Waals surface area contributed by atoms with E-state index in [0.29, 0.717) is 32.1 Å². The van der Waals surface area contributed by atoms with Gasteiger partial charge in [0.25, 0.3) is 0 Å². The number of allylic oxidation sites excluding steroid dienone is 16. The molecular weight excluding hydrogens is 797 g/mol. The van der Waals surface area contributed by atoms with Crippen molar-refractivity contribution < 1.29 is 52.6 Å². The smallest absolute Gasteiger partial charge is 0.472 e. The van der Waals surface area contributed by atoms with Crippen molar-refractivity contribution in [2.24, 2.45) is 5.73 Å². The second-order valence-corrected chi connectivity index (χ2v) is 15.7. The van der Waals surface area contributed by atoms with E-state index in [0.717, 1.165) is 57.8 Å². The van der Waals surface area contributed by atoms with Gasteiger partial charge < -0.3 is 30.3 Å². The van der Waals surface area contributed by atoms with Crippen LogP contribution in [0.4, 0.5) is 0 Å². The number of aliphatic hydroxyl groups excluding tert-OH is 1. The Morgan fingerprint density at radius 2 is 1.13 bits per heavy atom. The Morgan fingerprint density at radius 1 is 0.607 bits per heavy atom. The molecule has 0 heterocycles. The molecule has 0 spiro atoms. The van der Waals surface area contributed by atoms with Gasteiger partial charge in [-0.15, -0.1) is 0 Å². The normalized spacial score (nSPS) is 15.2. The molecule has 61 heavy (non-hydrogen) atoms. The molecule has 0 bridgehead atoms. The van der Waals surface area contributed by atoms with Crippen LogP contribution in [0.3, 0.4) is 0 Å². The summed E-state index contributed by atoms with van der Waals surface area (Å²) in [5.74, 6) is -2.56. The summed E-state index contributed by atoms with van der Waals surface area (Å²) in [5.41, 5.74) is 5.32. The highest BCUT2D eigenvalue weighted by Gasteiger charge is 2.28. The number of rotatable bonds is 39. The summed E-state index contributed by atoms with van der Waals surface area (Å²) in [5, 5.41) is 18.9. The second kappa shape index (κ2) is 41.5. The number of nitrogens with two attached hydrogens (primary N) is 1. The largest absolute Gasteiger partial charge is 0.480 e. The van der Waals surface area contributed by atoms with E-state index in [1.54, 1.807) is 6.08 Å². The van der Waals surface area contributed by atoms with E-state index in [4.69, 9.17) is 24.8 Å². The van der Waals surface area contributed by atoms with Gasteiger partial charge in [0.2, 0.25) is 0 Å². The molecule has 0 aromatic carbocycles. The van der Waals surface area contributed by atoms with E-state index in [1.165, 1.54) is 19.3 Å². The zero-order valence-corrected chi connectivity index (χ0v) is 37.7. The second-order valence-electron chi connectivity index (χ2n) is 14.3. The SMILES string of the molecule is CC/C=C\C/C=C\C/C=C\C/C=C\C/C=C\CCCCCC(=O)O[C@H](COC(=O)CCC/C=C\C/C=C\C=C\[C@H](O)C/C=C\CCCCC)COP(=O)(O)OC[C@H](N)C(=O)O. The molecule has 0 rings (SSSR count). The standard InChI is InChI=1S/C48H76NO11P/c1-3-5-7-9-11-12-13-14-15-16-17-18-19-20-21-22-27-31-35-39-47(52)60-44(41-58-61(55,56)59-42-45(49)48(53)54)40-57-46(51)38-34-30-26-24-23-25-29-33-37-43(50)36-32-28-10-8-6-4-2/h5,7,11-12,14-15,17-18,20-21,24-26,28-29,32-33,37,43-45,50H,3-4,6,8-10,13,16,19,22-23,27,30-31,34-36,38-42,49H2,1-2H3,(H,53,54)(H,55,56)/b7-5-,12-11-,15-14-,18-17-,21-20-,26-24-,29-25-,32-28-,37-33+/t43-,44-,45+/m1/s1. The molecule has 1 unspecified atom stereocenters. The Bertz CT molecular complexity index is 1460. The highest BCUT2D eigenvalue weighted by atomic mass is 31.2. The average Bonchev–Trinajstić information content (AvgIpc) is 3.23. The Labute approximate surface area is 366 Å². The molecule has 0 saturated heterocycles. The van der Waals surface area contributed by atoms with E-state index >= 15 is 0 Å². The number of carbonyl (C=O) groups is 3. The molecule has 0 saturated carbocycles. The minimum atomic E-state index is -4.76. The third-order valence-corrected chi connectivity index (χ3v) is 9.54. The lowest BCUT2D eigenvalue weighted by Crippen LogP contribution is -2.34. The fourth-order valence-corrected chi connectivity index (χ4v) is 5.89. The van der Waals surface area contributed by atoms with E-state index in [-0.39, 0.29) is 12.8 Å². The van der Waals surface area contributed by atoms with Crippen LogP contribution in [0.1, 0.15) is 136 Å². The lowest BCUT2D eigenvalue weighted by Gasteiger charge is -2.20. The van der Waals surface area contributed by atoms with Gasteiger partial charge in [-0.2, -0.15) is 0 Å². The van der Waals surface area contributed by atoms with Crippen LogP contribution in [0.25, 0.3) is 0 Å². The number of phosphoric ester groups is 1. The Kier molecular flexibility index (Phi) is 38.8. The van der Waals surface area contributed by atoms with Crippen LogP contribution in [0.2, 0.25) is 0 Å². The summed E-state index contributed by atoms with van der Waals surface area (Å²) in [4.78, 5) is 46.0. The molecule has 0 amide bonds. The van der Waals surface area contributed by atoms with Crippen LogP contribution < -0.4 is 5.73 Å². The number of aliphatic carboxylic acids is 1. The van der Waals surface area contributed by atoms with Crippen LogP contribution in [0, 0.1) is 0 Å². The number of aliphatic hydroxyl groups is 1. The summed E-state index contributed by atoms with van der Waals surface area (Å²) in [7, 11) is -4.76. The molecule has 0 fully saturated rings. The maximum atomic E-state index is 12.6. The number of carboxylic acids is 1. The van der Waals surface area contributed by atoms with E-state index in [1.807, 2.05) is 36.5 Å². The molecule has 344 valence electrons. The van der Waals surface area contributed by atoms with Crippen molar-refractivity contribution in [1.29, 1.82) is 0 Å². The van der Waals surface area contributed by atoms with Crippen LogP contribution in [0.5, 0.6) is 0 Å². The molecule has 0 aliphatic heterocycles. The molecule has 5 N–H and O–H groups in total. The average molecular weight is 874 g/mol. The van der Waals surface area contributed by atoms with Crippen LogP contribution in [0.15, 0.2) is 109 Å². The zero-order chi connectivity index (χ0) is 45.1. The summed E-state index contributed by atoms with van der Waals surface area (Å²) < 4.78 is 32.6. The van der Waals surface area contributed by atoms with Crippen LogP contribution in [-0.4, -0.2) is 71.1 Å². The molecule has 0 radical (unpaired) electrons. The first-order chi connectivity index (χ1) is 29.5. The van der Waals surface area contributed by atoms with E-state index in [9.17, 15) is 28.9 Å². The molecule has 0 aromatic rings. The zero-order valence-electron chi connectivity index (χ0n) is 36.8. The predicted molar refractivity (Wildman–Crippen MR) is 246 cm³/mol. The van der Waals surface area contributed by atoms with E-state index < -0.39 is 63.8 Å². The molecular formula is C48H76NO11P. The highest BCUT2D eigenvalue weighted by molar-refractivity contribution is 7.47. The van der Waals surface area contributed by atoms with Gasteiger partial charge in [0.05, 0.1) is 19.3 Å². The monoisotopic (exact) mass is 874 g/mol. The van der Waals surface area contributed by atoms with Gasteiger partial charge in [0, 0.05) is 12.8 Å². The van der Waals surface area contributed by atoms with Crippen LogP contribution >= 0.6 is 7.82 Å². The van der Waals surface area contributed by atoms with Gasteiger partial charge in [-0.1, -0.05) is 142 Å². The first kappa shape index (κ1) is 57.1. The van der Waals surface area contributed by atoms with Crippen LogP contribution in [-0.2, 0) is 37.5 Å². The summed E-state index contributed by atoms with van der Waals surface area (Å²) in [6, 6.07) is -1.55. The maximum Gasteiger partial charge on any atom is 0.472 e. The quantitative estimate of drug-likeness (QED) is 0.0150. The van der Waals surface area contributed by atoms with Gasteiger partial charge in [-0.25, -0.2) is 4.57 Å². The molecule has 0 aromatic heterocycles. The maximum absolute atomic E-state index is 12.6. The number of phosphoric acid groups is 1. The van der Waals surface area contributed by atoms with Gasteiger partial charge in [0.1, 0.15) is 12.6 Å². The fourth-order valence-electron chi connectivity index (χ4n) is 5.11. The summed E-state index contributed by atoms with van der Waals surface area (Å²) >= 11 is 0. The van der Waals surface area contributed by atoms with Crippen molar-refractivity contribution in [2.75, 3.05) is 19.8 Å². The van der Waals surface area contributed by atoms with E-state index in [2.05, 4.69) is 85.2 Å². The van der Waals surface area contributed by atoms with Gasteiger partial charge in [-0.3, -0.25) is 23.4 Å². The first-order valence-corrected chi connectivity index (χ1v) is 23.5. The Hall–Kier alpha value is -3.90. The molecule has 12 nitrogen and oxygen atoms in total. The minimum absolute atomic E-state index is 0.0908. The summed E-state index contributed by atoms with van der Waals surface area (Å²) in [6.45, 7) is 2.46. The number of hydrogen-bond acceptors (Lipinski definition) is 10. The third-order valence-electron chi connectivity index (χ3n) is 8.59. The minimum Gasteiger partial charge on any atom is -0.480 e. The lowest BCUT2D eigenvalue weighted by atomic mass is 10.1. The van der Waals surface area contributed by atoms with Crippen molar-refractivity contribution in [2.45, 2.75) is 154 Å². The molecule has 0 aliphatic carbocycles. The number of esters is 2. The van der Waals surface area contributed by atoms with Crippen molar-refractivity contribution in [3.05, 3.63) is 109 Å². The number of unbranched alkanes of at least 4 members (excludes halogenated alkanes) is 7. The van der Waals surface area contributed by atoms with Gasteiger partial charge in [0.15, 0.2) is 6.10 Å². The topological polar surface area (TPSA) is 192 Å². The number of hydrogen-bond donors (Lipinski definition) is 4. The number of carbonyl (C=O) groups excluding carboxylic acids is 2. The lowest BCUT2D eigenvalue weighted by molar-refractivity contribution is -0.161. The third kappa shape index (κ3) is 41.2. The van der Waals surface area contributed by atoms with Gasteiger partial charge >= 0.3 is 25.7 Å². The molecule has 0 aliphatic rings. The Balaban J connectivity index is 4.60. The first-order valence-electron chi connectivity index (χ1n) is 22.0. The van der Waals surface area contributed by atoms with Crippen molar-refractivity contribution >= 4 is 25.7 Å². The van der Waals surface area contributed by atoms with Gasteiger partial charge in [-0.05, 0) is 89.9 Å². The predicted octanol–water partition coefficient (Wildman–Crippen LogP) is 10.8. The Morgan fingerprint density at radius 3 is 1.74 bits per heavy atom. The highest BCUT2D eigenvalue weighted by Crippen LogP contribution is 2.43. The number of carboxylic acid groups (broad SMARTS) is 1. The fraction of sp³-hybridized carbons (Fsp3) is 0.562. The van der Waals surface area contributed by atoms with Crippen molar-refractivity contribution in [1.82, 2.24) is 0 Å². The summed E-state index contributed by atoms with van der Waals surface area (Å²) in [6.07, 6.45) is 50.4. The number of ether oxygens (including phenoxy) is 2. The van der Waals surface area contributed by atoms with Crippen molar-refractivity contribution in [3.63, 3.8) is 0 Å².